The molecule has 0 saturated carbocycles. The zero-order chi connectivity index (χ0) is 18.4. The highest BCUT2D eigenvalue weighted by molar-refractivity contribution is 5.98. The highest BCUT2D eigenvalue weighted by atomic mass is 19.1. The second-order valence-electron chi connectivity index (χ2n) is 7.48. The summed E-state index contributed by atoms with van der Waals surface area (Å²) in [5, 5.41) is 0. The predicted octanol–water partition coefficient (Wildman–Crippen LogP) is 3.31. The third kappa shape index (κ3) is 2.57. The van der Waals surface area contributed by atoms with Gasteiger partial charge in [0, 0.05) is 30.1 Å². The molecule has 1 unspecified atom stereocenters. The summed E-state index contributed by atoms with van der Waals surface area (Å²) in [6, 6.07) is 1.31. The molecule has 2 aliphatic carbocycles. The van der Waals surface area contributed by atoms with Gasteiger partial charge in [-0.15, -0.1) is 0 Å². The van der Waals surface area contributed by atoms with Gasteiger partial charge in [-0.3, -0.25) is 9.59 Å². The fraction of sp³-hybridized carbons (Fsp3) is 0.429. The van der Waals surface area contributed by atoms with Crippen LogP contribution in [-0.2, 0) is 11.2 Å². The number of nitrogens with zero attached hydrogens (tertiary/aromatic N) is 1. The summed E-state index contributed by atoms with van der Waals surface area (Å²) in [6.45, 7) is 4.64. The molecule has 4 nitrogen and oxygen atoms in total. The Hall–Kier alpha value is -2.43. The van der Waals surface area contributed by atoms with Crippen molar-refractivity contribution in [2.24, 2.45) is 5.73 Å². The topological polar surface area (TPSA) is 63.4 Å². The number of fused-ring (bicyclic) bond motifs is 2. The average Bonchev–Trinajstić information content (AvgIpc) is 3.25. The molecule has 1 heterocycles. The molecule has 0 bridgehead atoms. The van der Waals surface area contributed by atoms with Crippen LogP contribution < -0.4 is 5.73 Å². The van der Waals surface area contributed by atoms with Crippen LogP contribution in [0.3, 0.4) is 0 Å². The molecule has 1 saturated heterocycles. The number of likely N-dealkylation sites (tertiary alicyclic amines) is 1. The van der Waals surface area contributed by atoms with Crippen LogP contribution in [0.25, 0.3) is 5.57 Å². The Labute approximate surface area is 152 Å². The third-order valence-corrected chi connectivity index (χ3v) is 6.05. The van der Waals surface area contributed by atoms with Crippen molar-refractivity contribution in [1.29, 1.82) is 0 Å². The quantitative estimate of drug-likeness (QED) is 0.847. The number of carbonyl (C=O) groups excluding carboxylic acids is 2. The molecule has 1 aromatic carbocycles. The molecular formula is C21H23FN2O2. The van der Waals surface area contributed by atoms with E-state index in [0.717, 1.165) is 43.2 Å². The monoisotopic (exact) mass is 354 g/mol. The number of primary amides is 1. The van der Waals surface area contributed by atoms with Gasteiger partial charge in [-0.25, -0.2) is 4.39 Å². The molecule has 4 rings (SSSR count). The van der Waals surface area contributed by atoms with Crippen molar-refractivity contribution >= 4 is 17.4 Å². The fourth-order valence-corrected chi connectivity index (χ4v) is 4.86. The largest absolute Gasteiger partial charge is 0.366 e. The van der Waals surface area contributed by atoms with E-state index in [1.807, 2.05) is 0 Å². The van der Waals surface area contributed by atoms with Crippen molar-refractivity contribution in [3.8, 4) is 0 Å². The highest BCUT2D eigenvalue weighted by Gasteiger charge is 2.36. The first-order valence-corrected chi connectivity index (χ1v) is 9.29. The van der Waals surface area contributed by atoms with Gasteiger partial charge in [0.25, 0.3) is 0 Å². The number of hydrogen-bond donors (Lipinski definition) is 1. The van der Waals surface area contributed by atoms with E-state index in [1.54, 1.807) is 4.90 Å². The normalized spacial score (nSPS) is 21.6. The number of nitrogens with two attached hydrogens (primary N) is 1. The van der Waals surface area contributed by atoms with E-state index >= 15 is 4.39 Å². The van der Waals surface area contributed by atoms with E-state index in [1.165, 1.54) is 23.3 Å². The lowest BCUT2D eigenvalue weighted by atomic mass is 9.84. The minimum Gasteiger partial charge on any atom is -0.366 e. The molecule has 2 N–H and O–H groups in total. The van der Waals surface area contributed by atoms with Crippen LogP contribution in [-0.4, -0.2) is 29.8 Å². The fourth-order valence-electron chi connectivity index (χ4n) is 4.86. The van der Waals surface area contributed by atoms with Crippen molar-refractivity contribution in [3.63, 3.8) is 0 Å². The van der Waals surface area contributed by atoms with E-state index in [0.29, 0.717) is 30.6 Å². The van der Waals surface area contributed by atoms with Crippen LogP contribution in [0.15, 0.2) is 24.3 Å². The number of carbonyl (C=O) groups is 2. The first-order chi connectivity index (χ1) is 12.5. The maximum atomic E-state index is 15.1. The second kappa shape index (κ2) is 6.38. The summed E-state index contributed by atoms with van der Waals surface area (Å²) in [5.74, 6) is -1.10. The highest BCUT2D eigenvalue weighted by Crippen LogP contribution is 2.47. The van der Waals surface area contributed by atoms with Gasteiger partial charge in [0.05, 0.1) is 0 Å². The van der Waals surface area contributed by atoms with Gasteiger partial charge in [0.15, 0.2) is 0 Å². The van der Waals surface area contributed by atoms with Crippen LogP contribution in [0.5, 0.6) is 0 Å². The molecule has 1 aliphatic heterocycles. The Morgan fingerprint density at radius 1 is 1.31 bits per heavy atom. The Balaban J connectivity index is 1.82. The Morgan fingerprint density at radius 3 is 2.81 bits per heavy atom. The zero-order valence-corrected chi connectivity index (χ0v) is 14.8. The molecule has 1 aromatic rings. The lowest BCUT2D eigenvalue weighted by Crippen LogP contribution is -2.26. The van der Waals surface area contributed by atoms with Crippen molar-refractivity contribution in [2.45, 2.75) is 44.4 Å². The number of allylic oxidation sites excluding steroid dienone is 2. The smallest absolute Gasteiger partial charge is 0.249 e. The lowest BCUT2D eigenvalue weighted by Gasteiger charge is -2.22. The van der Waals surface area contributed by atoms with E-state index in [9.17, 15) is 9.59 Å². The molecule has 1 fully saturated rings. The molecular weight excluding hydrogens is 331 g/mol. The first kappa shape index (κ1) is 17.0. The first-order valence-electron chi connectivity index (χ1n) is 9.29. The zero-order valence-electron chi connectivity index (χ0n) is 14.8. The number of halogens is 1. The summed E-state index contributed by atoms with van der Waals surface area (Å²) in [6.07, 6.45) is 6.91. The van der Waals surface area contributed by atoms with E-state index in [2.05, 4.69) is 6.58 Å². The predicted molar refractivity (Wildman–Crippen MR) is 98.1 cm³/mol. The summed E-state index contributed by atoms with van der Waals surface area (Å²) in [7, 11) is 0. The molecule has 3 aliphatic rings. The van der Waals surface area contributed by atoms with E-state index in [-0.39, 0.29) is 17.6 Å². The van der Waals surface area contributed by atoms with Gasteiger partial charge in [-0.1, -0.05) is 12.2 Å². The number of amides is 2. The minimum absolute atomic E-state index is 0.0525. The summed E-state index contributed by atoms with van der Waals surface area (Å²) >= 11 is 0. The van der Waals surface area contributed by atoms with Crippen molar-refractivity contribution in [3.05, 3.63) is 52.4 Å². The van der Waals surface area contributed by atoms with Crippen LogP contribution >= 0.6 is 0 Å². The summed E-state index contributed by atoms with van der Waals surface area (Å²) in [5.41, 5.74) is 10.9. The lowest BCUT2D eigenvalue weighted by molar-refractivity contribution is -0.125. The molecule has 136 valence electrons. The van der Waals surface area contributed by atoms with Crippen LogP contribution in [0, 0.1) is 5.82 Å². The molecule has 2 amide bonds. The average molecular weight is 354 g/mol. The molecule has 5 heteroatoms. The van der Waals surface area contributed by atoms with E-state index in [4.69, 9.17) is 5.73 Å². The second-order valence-corrected chi connectivity index (χ2v) is 7.48. The van der Waals surface area contributed by atoms with Crippen LogP contribution in [0.2, 0.25) is 0 Å². The van der Waals surface area contributed by atoms with Crippen LogP contribution in [0.4, 0.5) is 4.39 Å². The SMILES string of the molecule is C=CC(=O)N1CCC(c2c(F)cc(C(N)=O)c3c2C2=C(CCCC2)C3)C1. The molecule has 0 spiro atoms. The van der Waals surface area contributed by atoms with Gasteiger partial charge in [0.2, 0.25) is 11.8 Å². The summed E-state index contributed by atoms with van der Waals surface area (Å²) < 4.78 is 15.1. The minimum atomic E-state index is -0.568. The number of hydrogen-bond acceptors (Lipinski definition) is 2. The maximum Gasteiger partial charge on any atom is 0.249 e. The molecule has 1 atom stereocenters. The van der Waals surface area contributed by atoms with Crippen molar-refractivity contribution in [2.75, 3.05) is 13.1 Å². The number of rotatable bonds is 3. The van der Waals surface area contributed by atoms with Crippen molar-refractivity contribution in [1.82, 2.24) is 4.90 Å². The van der Waals surface area contributed by atoms with Gasteiger partial charge in [-0.05, 0) is 67.4 Å². The Morgan fingerprint density at radius 2 is 2.08 bits per heavy atom. The van der Waals surface area contributed by atoms with Gasteiger partial charge < -0.3 is 10.6 Å². The summed E-state index contributed by atoms with van der Waals surface area (Å²) in [4.78, 5) is 25.5. The molecule has 26 heavy (non-hydrogen) atoms. The maximum absolute atomic E-state index is 15.1. The van der Waals surface area contributed by atoms with Gasteiger partial charge in [-0.2, -0.15) is 0 Å². The Bertz CT molecular complexity index is 856. The van der Waals surface area contributed by atoms with E-state index < -0.39 is 5.91 Å². The Kier molecular flexibility index (Phi) is 4.17. The number of benzene rings is 1. The van der Waals surface area contributed by atoms with Crippen LogP contribution in [0.1, 0.15) is 65.1 Å². The standard InChI is InChI=1S/C21H23FN2O2/c1-2-18(25)24-8-7-13(11-24)19-17(22)10-16(21(23)26)15-9-12-5-3-4-6-14(12)20(15)19/h2,10,13H,1,3-9,11H2,(H2,23,26). The molecule has 0 radical (unpaired) electrons. The van der Waals surface area contributed by atoms with Gasteiger partial charge in [0.1, 0.15) is 5.82 Å². The third-order valence-electron chi connectivity index (χ3n) is 6.05. The molecule has 0 aromatic heterocycles. The van der Waals surface area contributed by atoms with Crippen molar-refractivity contribution < 1.29 is 14.0 Å². The van der Waals surface area contributed by atoms with Gasteiger partial charge >= 0.3 is 0 Å².